The molecule has 0 atom stereocenters. The van der Waals surface area contributed by atoms with E-state index in [0.29, 0.717) is 17.1 Å². The van der Waals surface area contributed by atoms with Crippen LogP contribution in [0, 0.1) is 25.2 Å². The maximum atomic E-state index is 12.7. The summed E-state index contributed by atoms with van der Waals surface area (Å²) in [5.41, 5.74) is 2.83. The fraction of sp³-hybridized carbons (Fsp3) is 0.111. The summed E-state index contributed by atoms with van der Waals surface area (Å²) in [6, 6.07) is 17.3. The highest BCUT2D eigenvalue weighted by Crippen LogP contribution is 2.25. The minimum absolute atomic E-state index is 0.0396. The van der Waals surface area contributed by atoms with Crippen LogP contribution in [-0.2, 0) is 10.0 Å². The summed E-state index contributed by atoms with van der Waals surface area (Å²) in [6.07, 6.45) is 0. The van der Waals surface area contributed by atoms with Crippen molar-refractivity contribution in [2.24, 2.45) is 0 Å². The molecule has 25 heavy (non-hydrogen) atoms. The Kier molecular flexibility index (Phi) is 4.30. The molecule has 0 aliphatic carbocycles. The van der Waals surface area contributed by atoms with Crippen molar-refractivity contribution >= 4 is 15.7 Å². The number of sulfonamides is 1. The third-order valence-corrected chi connectivity index (χ3v) is 5.15. The molecule has 0 bridgehead atoms. The van der Waals surface area contributed by atoms with Gasteiger partial charge in [0.1, 0.15) is 0 Å². The van der Waals surface area contributed by atoms with Crippen LogP contribution in [0.1, 0.15) is 17.0 Å². The second kappa shape index (κ2) is 6.42. The summed E-state index contributed by atoms with van der Waals surface area (Å²) in [7, 11) is -3.81. The van der Waals surface area contributed by atoms with Gasteiger partial charge in [-0.1, -0.05) is 24.3 Å². The Hall–Kier alpha value is -3.11. The van der Waals surface area contributed by atoms with Crippen molar-refractivity contribution in [3.05, 3.63) is 71.5 Å². The quantitative estimate of drug-likeness (QED) is 0.781. The van der Waals surface area contributed by atoms with Gasteiger partial charge in [0.05, 0.1) is 39.3 Å². The maximum Gasteiger partial charge on any atom is 0.262 e. The van der Waals surface area contributed by atoms with Crippen molar-refractivity contribution in [1.82, 2.24) is 9.78 Å². The zero-order valence-corrected chi connectivity index (χ0v) is 14.6. The molecule has 0 spiro atoms. The molecule has 3 rings (SSSR count). The van der Waals surface area contributed by atoms with Crippen LogP contribution in [0.5, 0.6) is 0 Å². The lowest BCUT2D eigenvalue weighted by Gasteiger charge is -2.09. The van der Waals surface area contributed by atoms with Crippen molar-refractivity contribution in [3.8, 4) is 11.8 Å². The molecule has 126 valence electrons. The first-order valence-corrected chi connectivity index (χ1v) is 9.05. The molecule has 1 heterocycles. The second-order valence-corrected chi connectivity index (χ2v) is 7.22. The third-order valence-electron chi connectivity index (χ3n) is 3.80. The second-order valence-electron chi connectivity index (χ2n) is 5.54. The van der Waals surface area contributed by atoms with Gasteiger partial charge in [0.2, 0.25) is 0 Å². The third kappa shape index (κ3) is 3.25. The van der Waals surface area contributed by atoms with Gasteiger partial charge in [-0.3, -0.25) is 4.72 Å². The lowest BCUT2D eigenvalue weighted by Crippen LogP contribution is -2.14. The number of rotatable bonds is 4. The molecule has 0 saturated heterocycles. The Morgan fingerprint density at radius 2 is 1.80 bits per heavy atom. The Balaban J connectivity index is 2.01. The van der Waals surface area contributed by atoms with E-state index in [1.165, 1.54) is 12.1 Å². The lowest BCUT2D eigenvalue weighted by molar-refractivity contribution is 0.601. The molecule has 0 aliphatic rings. The average molecular weight is 352 g/mol. The molecule has 0 amide bonds. The van der Waals surface area contributed by atoms with E-state index in [1.807, 2.05) is 36.4 Å². The van der Waals surface area contributed by atoms with Crippen LogP contribution >= 0.6 is 0 Å². The SMILES string of the molecule is Cc1nn(-c2ccccc2)c(C)c1NS(=O)(=O)c1cccc(C#N)c1. The number of aromatic nitrogens is 2. The predicted octanol–water partition coefficient (Wildman–Crippen LogP) is 3.16. The first-order chi connectivity index (χ1) is 11.9. The minimum atomic E-state index is -3.81. The van der Waals surface area contributed by atoms with Gasteiger partial charge in [0.15, 0.2) is 0 Å². The van der Waals surface area contributed by atoms with Crippen LogP contribution in [0.25, 0.3) is 5.69 Å². The zero-order chi connectivity index (χ0) is 18.0. The summed E-state index contributed by atoms with van der Waals surface area (Å²) >= 11 is 0. The molecule has 0 radical (unpaired) electrons. The highest BCUT2D eigenvalue weighted by Gasteiger charge is 2.20. The number of hydrogen-bond donors (Lipinski definition) is 1. The number of nitriles is 1. The summed E-state index contributed by atoms with van der Waals surface area (Å²) in [5, 5.41) is 13.4. The van der Waals surface area contributed by atoms with Crippen LogP contribution in [-0.4, -0.2) is 18.2 Å². The fourth-order valence-electron chi connectivity index (χ4n) is 2.54. The van der Waals surface area contributed by atoms with E-state index in [2.05, 4.69) is 9.82 Å². The number of para-hydroxylation sites is 1. The van der Waals surface area contributed by atoms with Gasteiger partial charge < -0.3 is 0 Å². The van der Waals surface area contributed by atoms with Crippen molar-refractivity contribution in [2.75, 3.05) is 4.72 Å². The fourth-order valence-corrected chi connectivity index (χ4v) is 3.76. The predicted molar refractivity (Wildman–Crippen MR) is 95.0 cm³/mol. The van der Waals surface area contributed by atoms with Crippen molar-refractivity contribution in [3.63, 3.8) is 0 Å². The topological polar surface area (TPSA) is 87.8 Å². The van der Waals surface area contributed by atoms with Gasteiger partial charge in [-0.25, -0.2) is 13.1 Å². The Labute approximate surface area is 146 Å². The molecule has 7 heteroatoms. The highest BCUT2D eigenvalue weighted by molar-refractivity contribution is 7.92. The monoisotopic (exact) mass is 352 g/mol. The van der Waals surface area contributed by atoms with Crippen molar-refractivity contribution < 1.29 is 8.42 Å². The first-order valence-electron chi connectivity index (χ1n) is 7.57. The molecule has 0 unspecified atom stereocenters. The lowest BCUT2D eigenvalue weighted by atomic mass is 10.2. The van der Waals surface area contributed by atoms with E-state index in [9.17, 15) is 8.42 Å². The minimum Gasteiger partial charge on any atom is -0.276 e. The highest BCUT2D eigenvalue weighted by atomic mass is 32.2. The summed E-state index contributed by atoms with van der Waals surface area (Å²) in [4.78, 5) is 0.0396. The van der Waals surface area contributed by atoms with Crippen LogP contribution in [0.15, 0.2) is 59.5 Å². The molecule has 0 aliphatic heterocycles. The van der Waals surface area contributed by atoms with Gasteiger partial charge in [0.25, 0.3) is 10.0 Å². The van der Waals surface area contributed by atoms with E-state index >= 15 is 0 Å². The first kappa shape index (κ1) is 16.7. The van der Waals surface area contributed by atoms with Gasteiger partial charge in [-0.2, -0.15) is 10.4 Å². The Morgan fingerprint density at radius 3 is 2.48 bits per heavy atom. The smallest absolute Gasteiger partial charge is 0.262 e. The van der Waals surface area contributed by atoms with Crippen LogP contribution in [0.2, 0.25) is 0 Å². The summed E-state index contributed by atoms with van der Waals surface area (Å²) in [5.74, 6) is 0. The van der Waals surface area contributed by atoms with Crippen LogP contribution < -0.4 is 4.72 Å². The van der Waals surface area contributed by atoms with Crippen molar-refractivity contribution in [2.45, 2.75) is 18.7 Å². The van der Waals surface area contributed by atoms with Gasteiger partial charge >= 0.3 is 0 Å². The van der Waals surface area contributed by atoms with Gasteiger partial charge in [-0.05, 0) is 44.2 Å². The number of aryl methyl sites for hydroxylation is 1. The number of nitrogens with zero attached hydrogens (tertiary/aromatic N) is 3. The van der Waals surface area contributed by atoms with Crippen LogP contribution in [0.3, 0.4) is 0 Å². The normalized spacial score (nSPS) is 11.1. The van der Waals surface area contributed by atoms with Gasteiger partial charge in [-0.15, -0.1) is 0 Å². The number of nitrogens with one attached hydrogen (secondary N) is 1. The molecule has 0 saturated carbocycles. The molecule has 2 aromatic carbocycles. The molecule has 0 fully saturated rings. The molecular formula is C18H16N4O2S. The molecule has 6 nitrogen and oxygen atoms in total. The largest absolute Gasteiger partial charge is 0.276 e. The van der Waals surface area contributed by atoms with Gasteiger partial charge in [0, 0.05) is 0 Å². The molecule has 1 aromatic heterocycles. The average Bonchev–Trinajstić information content (AvgIpc) is 2.90. The summed E-state index contributed by atoms with van der Waals surface area (Å²) in [6.45, 7) is 3.55. The Bertz CT molecular complexity index is 1060. The van der Waals surface area contributed by atoms with E-state index in [-0.39, 0.29) is 10.5 Å². The number of hydrogen-bond acceptors (Lipinski definition) is 4. The van der Waals surface area contributed by atoms with E-state index in [1.54, 1.807) is 30.7 Å². The standard InChI is InChI=1S/C18H16N4O2S/c1-13-18(14(2)22(20-13)16-8-4-3-5-9-16)21-25(23,24)17-10-6-7-15(11-17)12-19/h3-11,21H,1-2H3. The Morgan fingerprint density at radius 1 is 1.08 bits per heavy atom. The van der Waals surface area contributed by atoms with Crippen molar-refractivity contribution in [1.29, 1.82) is 5.26 Å². The van der Waals surface area contributed by atoms with E-state index in [0.717, 1.165) is 5.69 Å². The van der Waals surface area contributed by atoms with Crippen LogP contribution in [0.4, 0.5) is 5.69 Å². The van der Waals surface area contributed by atoms with E-state index < -0.39 is 10.0 Å². The molecule has 1 N–H and O–H groups in total. The summed E-state index contributed by atoms with van der Waals surface area (Å²) < 4.78 is 29.6. The van der Waals surface area contributed by atoms with E-state index in [4.69, 9.17) is 5.26 Å². The number of anilines is 1. The molecular weight excluding hydrogens is 336 g/mol. The maximum absolute atomic E-state index is 12.7. The zero-order valence-electron chi connectivity index (χ0n) is 13.8. The number of benzene rings is 2. The molecule has 3 aromatic rings.